The molecular weight excluding hydrogens is 306 g/mol. The summed E-state index contributed by atoms with van der Waals surface area (Å²) in [5, 5.41) is 13.4. The van der Waals surface area contributed by atoms with E-state index in [1.807, 2.05) is 35.2 Å². The number of hydrazine groups is 1. The molecule has 1 amide bonds. The average molecular weight is 327 g/mol. The molecule has 0 spiro atoms. The van der Waals surface area contributed by atoms with Gasteiger partial charge in [-0.05, 0) is 5.56 Å². The highest BCUT2D eigenvalue weighted by atomic mass is 16.3. The number of nitrogens with zero attached hydrogens (tertiary/aromatic N) is 3. The van der Waals surface area contributed by atoms with Crippen molar-refractivity contribution in [3.05, 3.63) is 53.3 Å². The average Bonchev–Trinajstić information content (AvgIpc) is 3.32. The Kier molecular flexibility index (Phi) is 4.05. The van der Waals surface area contributed by atoms with Crippen LogP contribution in [0.25, 0.3) is 0 Å². The molecular formula is C17H21N5O2. The summed E-state index contributed by atoms with van der Waals surface area (Å²) in [5.41, 5.74) is 9.58. The van der Waals surface area contributed by atoms with Crippen LogP contribution in [-0.4, -0.2) is 38.8 Å². The summed E-state index contributed by atoms with van der Waals surface area (Å²) >= 11 is 0. The molecule has 4 rings (SSSR count). The Balaban J connectivity index is 1.50. The van der Waals surface area contributed by atoms with Crippen LogP contribution in [0.3, 0.4) is 0 Å². The molecule has 1 fully saturated rings. The van der Waals surface area contributed by atoms with Gasteiger partial charge in [0.15, 0.2) is 0 Å². The van der Waals surface area contributed by atoms with Crippen LogP contribution in [0.5, 0.6) is 0 Å². The third-order valence-electron chi connectivity index (χ3n) is 4.82. The van der Waals surface area contributed by atoms with Gasteiger partial charge in [-0.1, -0.05) is 30.3 Å². The number of benzene rings is 1. The van der Waals surface area contributed by atoms with Gasteiger partial charge in [0.05, 0.1) is 43.5 Å². The van der Waals surface area contributed by atoms with Crippen LogP contribution in [0.1, 0.15) is 22.9 Å². The van der Waals surface area contributed by atoms with Crippen molar-refractivity contribution in [2.24, 2.45) is 5.92 Å². The second-order valence-corrected chi connectivity index (χ2v) is 6.28. The van der Waals surface area contributed by atoms with E-state index in [9.17, 15) is 4.79 Å². The lowest BCUT2D eigenvalue weighted by Gasteiger charge is -2.24. The summed E-state index contributed by atoms with van der Waals surface area (Å²) in [6, 6.07) is 10.0. The molecule has 0 saturated carbocycles. The highest BCUT2D eigenvalue weighted by Crippen LogP contribution is 2.30. The maximum absolute atomic E-state index is 13.0. The van der Waals surface area contributed by atoms with Crippen LogP contribution in [-0.2, 0) is 24.4 Å². The summed E-state index contributed by atoms with van der Waals surface area (Å²) in [7, 11) is 0. The maximum Gasteiger partial charge on any atom is 0.229 e. The number of hydrogen-bond donors (Lipinski definition) is 3. The minimum Gasteiger partial charge on any atom is -0.394 e. The third kappa shape index (κ3) is 2.60. The lowest BCUT2D eigenvalue weighted by Crippen LogP contribution is -2.36. The second kappa shape index (κ2) is 6.35. The van der Waals surface area contributed by atoms with E-state index in [1.54, 1.807) is 10.9 Å². The molecule has 2 atom stereocenters. The van der Waals surface area contributed by atoms with Crippen molar-refractivity contribution in [2.75, 3.05) is 13.2 Å². The van der Waals surface area contributed by atoms with Crippen molar-refractivity contribution in [1.82, 2.24) is 25.5 Å². The molecule has 7 nitrogen and oxygen atoms in total. The number of hydrogen-bond acceptors (Lipinski definition) is 5. The normalized spacial score (nSPS) is 22.8. The molecule has 7 heteroatoms. The van der Waals surface area contributed by atoms with E-state index in [4.69, 9.17) is 5.11 Å². The number of fused-ring (bicyclic) bond motifs is 1. The molecule has 0 radical (unpaired) electrons. The zero-order chi connectivity index (χ0) is 16.5. The van der Waals surface area contributed by atoms with Gasteiger partial charge in [-0.25, -0.2) is 5.43 Å². The minimum atomic E-state index is -0.129. The van der Waals surface area contributed by atoms with Gasteiger partial charge in [-0.2, -0.15) is 5.10 Å². The van der Waals surface area contributed by atoms with Crippen molar-refractivity contribution in [2.45, 2.75) is 25.7 Å². The predicted octanol–water partition coefficient (Wildman–Crippen LogP) is 0.183. The summed E-state index contributed by atoms with van der Waals surface area (Å²) in [6.07, 6.45) is 1.80. The standard InChI is InChI=1S/C17H21N5O2/c23-7-6-22-15-11-21(10-13(15)8-19-22)17(24)14-9-18-20-16(14)12-4-2-1-3-5-12/h1-5,8,14,16,18,20,23H,6-7,9-11H2. The lowest BCUT2D eigenvalue weighted by molar-refractivity contribution is -0.136. The Morgan fingerprint density at radius 3 is 2.92 bits per heavy atom. The molecule has 1 saturated heterocycles. The Bertz CT molecular complexity index is 730. The number of carbonyl (C=O) groups is 1. The van der Waals surface area contributed by atoms with E-state index in [-0.39, 0.29) is 24.5 Å². The molecule has 3 heterocycles. The van der Waals surface area contributed by atoms with E-state index in [0.29, 0.717) is 26.2 Å². The van der Waals surface area contributed by atoms with Gasteiger partial charge >= 0.3 is 0 Å². The summed E-state index contributed by atoms with van der Waals surface area (Å²) in [5.74, 6) is 0.0174. The smallest absolute Gasteiger partial charge is 0.229 e. The van der Waals surface area contributed by atoms with E-state index in [0.717, 1.165) is 16.8 Å². The van der Waals surface area contributed by atoms with Crippen LogP contribution in [0, 0.1) is 5.92 Å². The first-order valence-electron chi connectivity index (χ1n) is 8.24. The molecule has 0 bridgehead atoms. The van der Waals surface area contributed by atoms with Crippen molar-refractivity contribution < 1.29 is 9.90 Å². The van der Waals surface area contributed by atoms with E-state index >= 15 is 0 Å². The number of aliphatic hydroxyl groups is 1. The zero-order valence-corrected chi connectivity index (χ0v) is 13.4. The van der Waals surface area contributed by atoms with Crippen molar-refractivity contribution in [3.8, 4) is 0 Å². The molecule has 2 aliphatic heterocycles. The Morgan fingerprint density at radius 2 is 2.12 bits per heavy atom. The number of amides is 1. The van der Waals surface area contributed by atoms with E-state index in [1.165, 1.54) is 0 Å². The number of aliphatic hydroxyl groups excluding tert-OH is 1. The van der Waals surface area contributed by atoms with Gasteiger partial charge in [-0.3, -0.25) is 14.9 Å². The maximum atomic E-state index is 13.0. The molecule has 0 aliphatic carbocycles. The van der Waals surface area contributed by atoms with Gasteiger partial charge in [0.25, 0.3) is 0 Å². The van der Waals surface area contributed by atoms with Gasteiger partial charge in [0.2, 0.25) is 5.91 Å². The number of carbonyl (C=O) groups excluding carboxylic acids is 1. The highest BCUT2D eigenvalue weighted by Gasteiger charge is 2.38. The number of aromatic nitrogens is 2. The monoisotopic (exact) mass is 327 g/mol. The van der Waals surface area contributed by atoms with Gasteiger partial charge in [0, 0.05) is 18.7 Å². The quantitative estimate of drug-likeness (QED) is 0.746. The van der Waals surface area contributed by atoms with Gasteiger partial charge < -0.3 is 10.0 Å². The Labute approximate surface area is 140 Å². The third-order valence-corrected chi connectivity index (χ3v) is 4.82. The Hall–Kier alpha value is -2.22. The summed E-state index contributed by atoms with van der Waals surface area (Å²) in [4.78, 5) is 14.9. The van der Waals surface area contributed by atoms with E-state index < -0.39 is 0 Å². The van der Waals surface area contributed by atoms with Crippen LogP contribution in [0.15, 0.2) is 36.5 Å². The molecule has 24 heavy (non-hydrogen) atoms. The van der Waals surface area contributed by atoms with E-state index in [2.05, 4.69) is 16.0 Å². The molecule has 2 unspecified atom stereocenters. The fourth-order valence-electron chi connectivity index (χ4n) is 3.59. The lowest BCUT2D eigenvalue weighted by atomic mass is 9.94. The zero-order valence-electron chi connectivity index (χ0n) is 13.4. The number of rotatable bonds is 4. The fraction of sp³-hybridized carbons (Fsp3) is 0.412. The van der Waals surface area contributed by atoms with Crippen LogP contribution >= 0.6 is 0 Å². The summed E-state index contributed by atoms with van der Waals surface area (Å²) in [6.45, 7) is 2.29. The summed E-state index contributed by atoms with van der Waals surface area (Å²) < 4.78 is 1.79. The van der Waals surface area contributed by atoms with Crippen molar-refractivity contribution in [1.29, 1.82) is 0 Å². The second-order valence-electron chi connectivity index (χ2n) is 6.28. The molecule has 126 valence electrons. The first kappa shape index (κ1) is 15.3. The Morgan fingerprint density at radius 1 is 1.29 bits per heavy atom. The molecule has 1 aromatic heterocycles. The molecule has 2 aliphatic rings. The van der Waals surface area contributed by atoms with Crippen molar-refractivity contribution >= 4 is 5.91 Å². The minimum absolute atomic E-state index is 0.0173. The molecule has 3 N–H and O–H groups in total. The largest absolute Gasteiger partial charge is 0.394 e. The first-order valence-corrected chi connectivity index (χ1v) is 8.24. The van der Waals surface area contributed by atoms with Gasteiger partial charge in [-0.15, -0.1) is 0 Å². The SMILES string of the molecule is O=C(C1CNNC1c1ccccc1)N1Cc2cnn(CCO)c2C1. The molecule has 2 aromatic rings. The number of nitrogens with one attached hydrogen (secondary N) is 2. The van der Waals surface area contributed by atoms with Gasteiger partial charge in [0.1, 0.15) is 0 Å². The predicted molar refractivity (Wildman–Crippen MR) is 87.4 cm³/mol. The first-order chi connectivity index (χ1) is 11.8. The fourth-order valence-corrected chi connectivity index (χ4v) is 3.59. The molecule has 1 aromatic carbocycles. The van der Waals surface area contributed by atoms with Crippen LogP contribution in [0.2, 0.25) is 0 Å². The van der Waals surface area contributed by atoms with Crippen LogP contribution in [0.4, 0.5) is 0 Å². The van der Waals surface area contributed by atoms with Crippen LogP contribution < -0.4 is 10.9 Å². The topological polar surface area (TPSA) is 82.4 Å². The highest BCUT2D eigenvalue weighted by molar-refractivity contribution is 5.81. The van der Waals surface area contributed by atoms with Crippen molar-refractivity contribution in [3.63, 3.8) is 0 Å².